The summed E-state index contributed by atoms with van der Waals surface area (Å²) in [6.45, 7) is 0. The molecule has 0 radical (unpaired) electrons. The third kappa shape index (κ3) is 5.87. The number of anilines is 3. The van der Waals surface area contributed by atoms with Crippen LogP contribution in [0, 0.1) is 0 Å². The van der Waals surface area contributed by atoms with Gasteiger partial charge in [0.05, 0.1) is 22.2 Å². The number of benzene rings is 12. The van der Waals surface area contributed by atoms with E-state index in [1.165, 1.54) is 87.3 Å². The molecule has 0 bridgehead atoms. The van der Waals surface area contributed by atoms with Gasteiger partial charge in [-0.1, -0.05) is 224 Å². The van der Waals surface area contributed by atoms with Gasteiger partial charge in [-0.3, -0.25) is 0 Å². The number of para-hydroxylation sites is 3. The van der Waals surface area contributed by atoms with Crippen LogP contribution in [0.4, 0.5) is 17.1 Å². The van der Waals surface area contributed by atoms with Crippen molar-refractivity contribution in [3.05, 3.63) is 317 Å². The minimum Gasteiger partial charge on any atom is -0.457 e. The first-order valence-electron chi connectivity index (χ1n) is 25.9. The van der Waals surface area contributed by atoms with Crippen molar-refractivity contribution in [1.82, 2.24) is 0 Å². The molecule has 2 nitrogen and oxygen atoms in total. The molecule has 0 atom stereocenters. The van der Waals surface area contributed by atoms with Gasteiger partial charge in [-0.25, -0.2) is 0 Å². The minimum absolute atomic E-state index is 0.591. The highest BCUT2D eigenvalue weighted by Crippen LogP contribution is 2.66. The maximum Gasteiger partial charge on any atom is 0.132 e. The highest BCUT2D eigenvalue weighted by Gasteiger charge is 2.53. The van der Waals surface area contributed by atoms with Crippen molar-refractivity contribution >= 4 is 39.6 Å². The van der Waals surface area contributed by atoms with E-state index in [1.807, 2.05) is 11.8 Å². The summed E-state index contributed by atoms with van der Waals surface area (Å²) in [5.41, 5.74) is 21.8. The molecule has 2 aliphatic heterocycles. The molecule has 0 fully saturated rings. The van der Waals surface area contributed by atoms with E-state index >= 15 is 0 Å². The average molecular weight is 972 g/mol. The van der Waals surface area contributed by atoms with Gasteiger partial charge in [-0.05, 0) is 138 Å². The summed E-state index contributed by atoms with van der Waals surface area (Å²) >= 11 is 1.89. The van der Waals surface area contributed by atoms with Gasteiger partial charge in [0.25, 0.3) is 0 Å². The van der Waals surface area contributed by atoms with E-state index < -0.39 is 10.8 Å². The van der Waals surface area contributed by atoms with Gasteiger partial charge < -0.3 is 9.64 Å². The van der Waals surface area contributed by atoms with Crippen molar-refractivity contribution in [2.75, 3.05) is 4.90 Å². The predicted octanol–water partition coefficient (Wildman–Crippen LogP) is 18.9. The molecule has 0 aromatic heterocycles. The largest absolute Gasteiger partial charge is 0.457 e. The third-order valence-corrected chi connectivity index (χ3v) is 17.7. The minimum atomic E-state index is -0.634. The quantitative estimate of drug-likeness (QED) is 0.171. The van der Waals surface area contributed by atoms with Gasteiger partial charge in [0.2, 0.25) is 0 Å². The standard InChI is InChI=1S/C72H45NOS/c1-2-19-46(20-3-1)47-37-39-48(40-38-47)52-23-7-13-31-64(52)73(65-32-18-30-61-70(65)54-24-6-8-25-56(54)71(61)57-26-9-14-33-66(57)74-67-34-15-10-27-58(67)71)51-41-42-53-55-43-49-21-4-5-22-50(49)44-62(55)72(63(53)45-51)59-28-11-16-35-68(59)75-69-36-17-12-29-60(69)72/h1-45H. The Bertz CT molecular complexity index is 4230. The number of rotatable bonds is 5. The first-order valence-corrected chi connectivity index (χ1v) is 26.7. The van der Waals surface area contributed by atoms with E-state index in [0.29, 0.717) is 0 Å². The van der Waals surface area contributed by atoms with Crippen molar-refractivity contribution in [1.29, 1.82) is 0 Å². The normalized spacial score (nSPS) is 14.1. The molecule has 4 aliphatic rings. The van der Waals surface area contributed by atoms with Crippen molar-refractivity contribution < 1.29 is 4.74 Å². The SMILES string of the molecule is c1ccc(-c2ccc(-c3ccccc3N(c3ccc4c(c3)C3(c5ccccc5Sc5ccccc53)c3cc5ccccc5cc3-4)c3cccc4c3-c3ccccc3C43c4ccccc4Oc4ccccc43)cc2)cc1. The van der Waals surface area contributed by atoms with Gasteiger partial charge in [0.15, 0.2) is 0 Å². The zero-order valence-corrected chi connectivity index (χ0v) is 41.6. The number of nitrogens with zero attached hydrogens (tertiary/aromatic N) is 1. The van der Waals surface area contributed by atoms with Crippen molar-refractivity contribution in [3.63, 3.8) is 0 Å². The van der Waals surface area contributed by atoms with E-state index in [9.17, 15) is 0 Å². The molecular weight excluding hydrogens is 927 g/mol. The third-order valence-electron chi connectivity index (χ3n) is 16.6. The molecule has 0 amide bonds. The molecule has 0 unspecified atom stereocenters. The molecule has 3 heteroatoms. The Kier molecular flexibility index (Phi) is 9.14. The van der Waals surface area contributed by atoms with Gasteiger partial charge >= 0.3 is 0 Å². The monoisotopic (exact) mass is 971 g/mol. The molecule has 12 aromatic rings. The smallest absolute Gasteiger partial charge is 0.132 e. The summed E-state index contributed by atoms with van der Waals surface area (Å²) in [7, 11) is 0. The lowest BCUT2D eigenvalue weighted by atomic mass is 9.66. The van der Waals surface area contributed by atoms with E-state index in [-0.39, 0.29) is 0 Å². The van der Waals surface area contributed by atoms with Crippen LogP contribution in [0.25, 0.3) is 55.3 Å². The van der Waals surface area contributed by atoms with Crippen LogP contribution in [-0.4, -0.2) is 0 Å². The van der Waals surface area contributed by atoms with Crippen LogP contribution >= 0.6 is 11.8 Å². The summed E-state index contributed by atoms with van der Waals surface area (Å²) in [5, 5.41) is 2.49. The molecule has 0 saturated carbocycles. The van der Waals surface area contributed by atoms with Crippen LogP contribution in [0.2, 0.25) is 0 Å². The summed E-state index contributed by atoms with van der Waals surface area (Å²) < 4.78 is 6.80. The maximum absolute atomic E-state index is 6.80. The Morgan fingerprint density at radius 1 is 0.293 bits per heavy atom. The van der Waals surface area contributed by atoms with Crippen LogP contribution < -0.4 is 9.64 Å². The second-order valence-electron chi connectivity index (χ2n) is 20.2. The Labute approximate surface area is 440 Å². The summed E-state index contributed by atoms with van der Waals surface area (Å²) in [5.74, 6) is 1.76. The molecular formula is C72H45NOS. The first kappa shape index (κ1) is 42.4. The topological polar surface area (TPSA) is 12.5 Å². The second-order valence-corrected chi connectivity index (χ2v) is 21.3. The number of ether oxygens (including phenoxy) is 1. The number of hydrogen-bond donors (Lipinski definition) is 0. The molecule has 16 rings (SSSR count). The van der Waals surface area contributed by atoms with E-state index in [1.54, 1.807) is 0 Å². The molecule has 75 heavy (non-hydrogen) atoms. The van der Waals surface area contributed by atoms with Gasteiger partial charge in [0, 0.05) is 37.7 Å². The van der Waals surface area contributed by atoms with Crippen molar-refractivity contribution in [2.45, 2.75) is 20.6 Å². The fraction of sp³-hybridized carbons (Fsp3) is 0.0278. The Morgan fingerprint density at radius 3 is 1.52 bits per heavy atom. The van der Waals surface area contributed by atoms with Crippen LogP contribution in [0.15, 0.2) is 283 Å². The highest BCUT2D eigenvalue weighted by molar-refractivity contribution is 7.99. The predicted molar refractivity (Wildman–Crippen MR) is 308 cm³/mol. The van der Waals surface area contributed by atoms with E-state index in [4.69, 9.17) is 4.74 Å². The summed E-state index contributed by atoms with van der Waals surface area (Å²) in [6, 6.07) is 102. The lowest BCUT2D eigenvalue weighted by Gasteiger charge is -2.40. The summed E-state index contributed by atoms with van der Waals surface area (Å²) in [4.78, 5) is 5.15. The Hall–Kier alpha value is -9.15. The molecule has 350 valence electrons. The lowest BCUT2D eigenvalue weighted by molar-refractivity contribution is 0.436. The zero-order valence-electron chi connectivity index (χ0n) is 40.7. The molecule has 0 saturated heterocycles. The molecule has 12 aromatic carbocycles. The van der Waals surface area contributed by atoms with E-state index in [2.05, 4.69) is 278 Å². The Balaban J connectivity index is 1.00. The fourth-order valence-electron chi connectivity index (χ4n) is 13.6. The van der Waals surface area contributed by atoms with Crippen LogP contribution in [0.3, 0.4) is 0 Å². The van der Waals surface area contributed by atoms with Crippen molar-refractivity contribution in [3.8, 4) is 56.0 Å². The molecule has 2 spiro atoms. The van der Waals surface area contributed by atoms with Crippen LogP contribution in [0.1, 0.15) is 44.5 Å². The summed E-state index contributed by atoms with van der Waals surface area (Å²) in [6.07, 6.45) is 0. The van der Waals surface area contributed by atoms with Gasteiger partial charge in [-0.15, -0.1) is 0 Å². The first-order chi connectivity index (χ1) is 37.2. The lowest BCUT2D eigenvalue weighted by Crippen LogP contribution is -2.32. The molecule has 2 aliphatic carbocycles. The number of hydrogen-bond acceptors (Lipinski definition) is 3. The van der Waals surface area contributed by atoms with Crippen LogP contribution in [0.5, 0.6) is 11.5 Å². The second kappa shape index (κ2) is 16.2. The van der Waals surface area contributed by atoms with Gasteiger partial charge in [-0.2, -0.15) is 0 Å². The highest BCUT2D eigenvalue weighted by atomic mass is 32.2. The van der Waals surface area contributed by atoms with Crippen LogP contribution in [-0.2, 0) is 10.8 Å². The fourth-order valence-corrected chi connectivity index (χ4v) is 14.8. The average Bonchev–Trinajstić information content (AvgIpc) is 4.14. The van der Waals surface area contributed by atoms with Gasteiger partial charge in [0.1, 0.15) is 11.5 Å². The maximum atomic E-state index is 6.80. The molecule has 2 heterocycles. The van der Waals surface area contributed by atoms with E-state index in [0.717, 1.165) is 50.8 Å². The molecule has 0 N–H and O–H groups in total. The Morgan fingerprint density at radius 2 is 0.800 bits per heavy atom. The zero-order chi connectivity index (χ0) is 49.2. The number of fused-ring (bicyclic) bond motifs is 19. The van der Waals surface area contributed by atoms with Crippen molar-refractivity contribution in [2.24, 2.45) is 0 Å².